The van der Waals surface area contributed by atoms with Crippen LogP contribution in [0, 0.1) is 5.92 Å². The van der Waals surface area contributed by atoms with Crippen molar-refractivity contribution >= 4 is 17.5 Å². The summed E-state index contributed by atoms with van der Waals surface area (Å²) < 4.78 is 1.87. The number of amides is 3. The van der Waals surface area contributed by atoms with E-state index < -0.39 is 0 Å². The largest absolute Gasteiger partial charge is 0.351 e. The molecule has 1 saturated carbocycles. The predicted octanol–water partition coefficient (Wildman–Crippen LogP) is 1.28. The summed E-state index contributed by atoms with van der Waals surface area (Å²) >= 11 is 0. The van der Waals surface area contributed by atoms with Gasteiger partial charge in [0.25, 0.3) is 0 Å². The second kappa shape index (κ2) is 6.54. The Kier molecular flexibility index (Phi) is 4.23. The molecule has 2 N–H and O–H groups in total. The van der Waals surface area contributed by atoms with E-state index in [1.807, 2.05) is 22.7 Å². The first-order valence-electron chi connectivity index (χ1n) is 9.14. The molecule has 1 aliphatic carbocycles. The van der Waals surface area contributed by atoms with Crippen LogP contribution in [0.2, 0.25) is 0 Å². The molecule has 3 amide bonds. The fourth-order valence-corrected chi connectivity index (χ4v) is 3.91. The van der Waals surface area contributed by atoms with Crippen molar-refractivity contribution in [3.63, 3.8) is 0 Å². The molecule has 25 heavy (non-hydrogen) atoms. The van der Waals surface area contributed by atoms with E-state index in [1.165, 1.54) is 5.57 Å². The number of piperidine rings is 1. The summed E-state index contributed by atoms with van der Waals surface area (Å²) in [7, 11) is 1.94. The maximum Gasteiger partial charge on any atom is 0.317 e. The molecule has 0 aromatic carbocycles. The van der Waals surface area contributed by atoms with E-state index in [9.17, 15) is 9.59 Å². The van der Waals surface area contributed by atoms with Gasteiger partial charge in [-0.15, -0.1) is 0 Å². The number of carbonyl (C=O) groups is 2. The fourth-order valence-electron chi connectivity index (χ4n) is 3.91. The van der Waals surface area contributed by atoms with Crippen molar-refractivity contribution in [3.05, 3.63) is 24.0 Å². The van der Waals surface area contributed by atoms with Crippen molar-refractivity contribution in [1.29, 1.82) is 0 Å². The summed E-state index contributed by atoms with van der Waals surface area (Å²) in [5.74, 6) is 0.649. The average molecular weight is 343 g/mol. The van der Waals surface area contributed by atoms with Gasteiger partial charge in [0.05, 0.1) is 17.8 Å². The number of hydrogen-bond acceptors (Lipinski definition) is 3. The maximum atomic E-state index is 12.7. The average Bonchev–Trinajstić information content (AvgIpc) is 3.37. The molecule has 2 atom stereocenters. The van der Waals surface area contributed by atoms with E-state index in [0.29, 0.717) is 25.4 Å². The van der Waals surface area contributed by atoms with Crippen molar-refractivity contribution < 1.29 is 9.59 Å². The molecular weight excluding hydrogens is 318 g/mol. The molecule has 7 heteroatoms. The number of aryl methyl sites for hydroxylation is 1. The maximum absolute atomic E-state index is 12.7. The molecule has 0 bridgehead atoms. The van der Waals surface area contributed by atoms with E-state index in [2.05, 4.69) is 21.8 Å². The van der Waals surface area contributed by atoms with Gasteiger partial charge in [-0.2, -0.15) is 5.10 Å². The molecule has 0 unspecified atom stereocenters. The SMILES string of the molecule is Cn1nccc1C1=CCN(C(=O)N[C@@H]2CCC(=O)N[C@H]2C2CC2)CC1. The Morgan fingerprint density at radius 2 is 2.16 bits per heavy atom. The third-order valence-corrected chi connectivity index (χ3v) is 5.53. The molecule has 0 spiro atoms. The lowest BCUT2D eigenvalue weighted by molar-refractivity contribution is -0.124. The second-order valence-corrected chi connectivity index (χ2v) is 7.29. The highest BCUT2D eigenvalue weighted by Crippen LogP contribution is 2.36. The van der Waals surface area contributed by atoms with Crippen LogP contribution in [-0.2, 0) is 11.8 Å². The van der Waals surface area contributed by atoms with Gasteiger partial charge in [-0.25, -0.2) is 4.79 Å². The van der Waals surface area contributed by atoms with Crippen LogP contribution in [0.1, 0.15) is 37.8 Å². The fraction of sp³-hybridized carbons (Fsp3) is 0.611. The van der Waals surface area contributed by atoms with E-state index in [1.54, 1.807) is 6.20 Å². The summed E-state index contributed by atoms with van der Waals surface area (Å²) in [6.07, 6.45) is 8.28. The number of urea groups is 1. The Hall–Kier alpha value is -2.31. The van der Waals surface area contributed by atoms with E-state index in [0.717, 1.165) is 31.4 Å². The van der Waals surface area contributed by atoms with Gasteiger partial charge in [-0.3, -0.25) is 9.48 Å². The van der Waals surface area contributed by atoms with Gasteiger partial charge in [0.15, 0.2) is 0 Å². The summed E-state index contributed by atoms with van der Waals surface area (Å²) in [6.45, 7) is 1.32. The highest BCUT2D eigenvalue weighted by atomic mass is 16.2. The lowest BCUT2D eigenvalue weighted by Gasteiger charge is -2.35. The van der Waals surface area contributed by atoms with E-state index in [-0.39, 0.29) is 24.0 Å². The van der Waals surface area contributed by atoms with Gasteiger partial charge in [-0.1, -0.05) is 6.08 Å². The lowest BCUT2D eigenvalue weighted by atomic mass is 9.94. The van der Waals surface area contributed by atoms with Crippen LogP contribution in [0.3, 0.4) is 0 Å². The van der Waals surface area contributed by atoms with Gasteiger partial charge in [0.2, 0.25) is 5.91 Å². The van der Waals surface area contributed by atoms with Crippen molar-refractivity contribution in [2.24, 2.45) is 13.0 Å². The minimum atomic E-state index is -0.0212. The van der Waals surface area contributed by atoms with Gasteiger partial charge >= 0.3 is 6.03 Å². The van der Waals surface area contributed by atoms with Crippen LogP contribution in [0.4, 0.5) is 4.79 Å². The Bertz CT molecular complexity index is 706. The molecule has 134 valence electrons. The molecule has 7 nitrogen and oxygen atoms in total. The summed E-state index contributed by atoms with van der Waals surface area (Å²) in [5.41, 5.74) is 2.36. The number of hydrogen-bond donors (Lipinski definition) is 2. The topological polar surface area (TPSA) is 79.3 Å². The minimum absolute atomic E-state index is 0.0212. The molecule has 4 rings (SSSR count). The van der Waals surface area contributed by atoms with Crippen molar-refractivity contribution in [2.45, 2.75) is 44.2 Å². The third-order valence-electron chi connectivity index (χ3n) is 5.53. The smallest absolute Gasteiger partial charge is 0.317 e. The molecular formula is C18H25N5O2. The first-order chi connectivity index (χ1) is 12.1. The van der Waals surface area contributed by atoms with E-state index in [4.69, 9.17) is 0 Å². The van der Waals surface area contributed by atoms with Gasteiger partial charge in [0, 0.05) is 32.8 Å². The van der Waals surface area contributed by atoms with Crippen LogP contribution in [-0.4, -0.2) is 51.8 Å². The van der Waals surface area contributed by atoms with Crippen LogP contribution < -0.4 is 10.6 Å². The first kappa shape index (κ1) is 16.2. The quantitative estimate of drug-likeness (QED) is 0.868. The van der Waals surface area contributed by atoms with Gasteiger partial charge in [-0.05, 0) is 43.2 Å². The number of carbonyl (C=O) groups excluding carboxylic acids is 2. The number of aromatic nitrogens is 2. The molecule has 1 aromatic heterocycles. The Labute approximate surface area is 147 Å². The van der Waals surface area contributed by atoms with Crippen molar-refractivity contribution in [1.82, 2.24) is 25.3 Å². The second-order valence-electron chi connectivity index (χ2n) is 7.29. The third kappa shape index (κ3) is 3.41. The Morgan fingerprint density at radius 3 is 2.80 bits per heavy atom. The molecule has 2 fully saturated rings. The van der Waals surface area contributed by atoms with Crippen molar-refractivity contribution in [3.8, 4) is 0 Å². The van der Waals surface area contributed by atoms with Gasteiger partial charge in [0.1, 0.15) is 0 Å². The lowest BCUT2D eigenvalue weighted by Crippen LogP contribution is -2.58. The molecule has 3 heterocycles. The van der Waals surface area contributed by atoms with Crippen LogP contribution in [0.15, 0.2) is 18.3 Å². The highest BCUT2D eigenvalue weighted by molar-refractivity contribution is 5.79. The van der Waals surface area contributed by atoms with Crippen LogP contribution in [0.25, 0.3) is 5.57 Å². The molecule has 2 aliphatic heterocycles. The molecule has 1 aromatic rings. The summed E-state index contributed by atoms with van der Waals surface area (Å²) in [4.78, 5) is 26.2. The molecule has 3 aliphatic rings. The zero-order chi connectivity index (χ0) is 17.4. The normalized spacial score (nSPS) is 26.8. The zero-order valence-electron chi connectivity index (χ0n) is 14.6. The summed E-state index contributed by atoms with van der Waals surface area (Å²) in [5, 5.41) is 10.5. The highest BCUT2D eigenvalue weighted by Gasteiger charge is 2.41. The Morgan fingerprint density at radius 1 is 1.32 bits per heavy atom. The predicted molar refractivity (Wildman–Crippen MR) is 93.6 cm³/mol. The summed E-state index contributed by atoms with van der Waals surface area (Å²) in [6, 6.07) is 2.15. The number of nitrogens with zero attached hydrogens (tertiary/aromatic N) is 3. The van der Waals surface area contributed by atoms with Crippen molar-refractivity contribution in [2.75, 3.05) is 13.1 Å². The number of nitrogens with one attached hydrogen (secondary N) is 2. The Balaban J connectivity index is 1.36. The van der Waals surface area contributed by atoms with Gasteiger partial charge < -0.3 is 15.5 Å². The van der Waals surface area contributed by atoms with Crippen LogP contribution >= 0.6 is 0 Å². The zero-order valence-corrected chi connectivity index (χ0v) is 14.6. The van der Waals surface area contributed by atoms with E-state index >= 15 is 0 Å². The van der Waals surface area contributed by atoms with Crippen LogP contribution in [0.5, 0.6) is 0 Å². The standard InChI is InChI=1S/C18H25N5O2/c1-22-15(6-9-19-22)12-7-10-23(11-8-12)18(25)20-14-4-5-16(24)21-17(14)13-2-3-13/h6-7,9,13-14,17H,2-5,8,10-11H2,1H3,(H,20,25)(H,21,24)/t14-,17+/m1/s1. The molecule has 1 saturated heterocycles. The minimum Gasteiger partial charge on any atom is -0.351 e. The first-order valence-corrected chi connectivity index (χ1v) is 9.14. The molecule has 0 radical (unpaired) electrons. The monoisotopic (exact) mass is 343 g/mol. The number of rotatable bonds is 3.